The smallest absolute Gasteiger partial charge is 0.258 e. The lowest BCUT2D eigenvalue weighted by Crippen LogP contribution is -2.37. The van der Waals surface area contributed by atoms with Crippen molar-refractivity contribution in [2.75, 3.05) is 25.7 Å². The Balaban J connectivity index is 3.20. The minimum Gasteiger partial charge on any atom is -0.373 e. The molecule has 1 rings (SSSR count). The second kappa shape index (κ2) is 6.42. The van der Waals surface area contributed by atoms with Crippen LogP contribution in [0.5, 0.6) is 0 Å². The summed E-state index contributed by atoms with van der Waals surface area (Å²) < 4.78 is 54.9. The fraction of sp³-hybridized carbons (Fsp3) is 0.333. The highest BCUT2D eigenvalue weighted by atomic mass is 19.2. The zero-order valence-corrected chi connectivity index (χ0v) is 11.5. The monoisotopic (exact) mass is 307 g/mol. The molecule has 0 atom stereocenters. The van der Waals surface area contributed by atoms with Gasteiger partial charge in [0, 0.05) is 21.0 Å². The molecule has 1 aromatic carbocycles. The van der Waals surface area contributed by atoms with Gasteiger partial charge in [0.05, 0.1) is 6.67 Å². The third-order valence-electron chi connectivity index (χ3n) is 2.50. The van der Waals surface area contributed by atoms with Gasteiger partial charge in [0.15, 0.2) is 23.3 Å². The van der Waals surface area contributed by atoms with Crippen LogP contribution in [0, 0.1) is 23.3 Å². The van der Waals surface area contributed by atoms with Crippen LogP contribution in [-0.4, -0.2) is 32.6 Å². The number of carbonyl (C=O) groups excluding carboxylic acids is 2. The highest BCUT2D eigenvalue weighted by Gasteiger charge is 2.30. The molecule has 0 saturated carbocycles. The Morgan fingerprint density at radius 2 is 1.43 bits per heavy atom. The van der Waals surface area contributed by atoms with Crippen LogP contribution in [-0.2, 0) is 4.79 Å². The SMILES string of the molecule is CC(=O)NCNC(=O)c1c(F)c(F)c(N(C)C)c(F)c1F. The molecule has 9 heteroatoms. The van der Waals surface area contributed by atoms with Crippen LogP contribution in [0.2, 0.25) is 0 Å². The van der Waals surface area contributed by atoms with Gasteiger partial charge in [-0.3, -0.25) is 9.59 Å². The number of hydrogen-bond donors (Lipinski definition) is 2. The van der Waals surface area contributed by atoms with Crippen molar-refractivity contribution in [3.8, 4) is 0 Å². The van der Waals surface area contributed by atoms with Crippen molar-refractivity contribution in [3.63, 3.8) is 0 Å². The summed E-state index contributed by atoms with van der Waals surface area (Å²) in [6.07, 6.45) is 0. The van der Waals surface area contributed by atoms with E-state index in [1.165, 1.54) is 14.1 Å². The Morgan fingerprint density at radius 1 is 0.952 bits per heavy atom. The van der Waals surface area contributed by atoms with Crippen LogP contribution in [0.4, 0.5) is 23.2 Å². The molecule has 0 aromatic heterocycles. The topological polar surface area (TPSA) is 61.4 Å². The molecule has 5 nitrogen and oxygen atoms in total. The highest BCUT2D eigenvalue weighted by molar-refractivity contribution is 5.95. The summed E-state index contributed by atoms with van der Waals surface area (Å²) in [5.74, 6) is -8.86. The van der Waals surface area contributed by atoms with Crippen molar-refractivity contribution in [2.45, 2.75) is 6.92 Å². The summed E-state index contributed by atoms with van der Waals surface area (Å²) in [6, 6.07) is 0. The van der Waals surface area contributed by atoms with E-state index in [4.69, 9.17) is 0 Å². The van der Waals surface area contributed by atoms with Crippen LogP contribution < -0.4 is 15.5 Å². The van der Waals surface area contributed by atoms with Gasteiger partial charge in [-0.25, -0.2) is 17.6 Å². The molecular weight excluding hydrogens is 294 g/mol. The molecule has 0 aliphatic carbocycles. The highest BCUT2D eigenvalue weighted by Crippen LogP contribution is 2.29. The first-order valence-electron chi connectivity index (χ1n) is 5.74. The third-order valence-corrected chi connectivity index (χ3v) is 2.50. The Labute approximate surface area is 117 Å². The van der Waals surface area contributed by atoms with E-state index < -0.39 is 53.0 Å². The van der Waals surface area contributed by atoms with Gasteiger partial charge in [0.2, 0.25) is 5.91 Å². The molecule has 2 amide bonds. The number of nitrogens with zero attached hydrogens (tertiary/aromatic N) is 1. The lowest BCUT2D eigenvalue weighted by Gasteiger charge is -2.17. The minimum atomic E-state index is -1.81. The summed E-state index contributed by atoms with van der Waals surface area (Å²) in [6.45, 7) is 0.713. The molecule has 0 heterocycles. The van der Waals surface area contributed by atoms with E-state index in [9.17, 15) is 27.2 Å². The largest absolute Gasteiger partial charge is 0.373 e. The fourth-order valence-electron chi connectivity index (χ4n) is 1.55. The summed E-state index contributed by atoms with van der Waals surface area (Å²) in [5, 5.41) is 4.05. The number of amides is 2. The first-order valence-corrected chi connectivity index (χ1v) is 5.74. The average Bonchev–Trinajstić information content (AvgIpc) is 2.36. The van der Waals surface area contributed by atoms with Gasteiger partial charge in [-0.2, -0.15) is 0 Å². The van der Waals surface area contributed by atoms with Crippen LogP contribution in [0.3, 0.4) is 0 Å². The zero-order valence-electron chi connectivity index (χ0n) is 11.5. The number of benzene rings is 1. The van der Waals surface area contributed by atoms with Gasteiger partial charge < -0.3 is 15.5 Å². The zero-order chi connectivity index (χ0) is 16.3. The molecule has 0 aliphatic rings. The van der Waals surface area contributed by atoms with Crippen LogP contribution in [0.15, 0.2) is 0 Å². The van der Waals surface area contributed by atoms with E-state index in [1.54, 1.807) is 0 Å². The molecule has 0 aliphatic heterocycles. The number of rotatable bonds is 4. The molecule has 21 heavy (non-hydrogen) atoms. The Morgan fingerprint density at radius 3 is 1.81 bits per heavy atom. The molecule has 2 N–H and O–H groups in total. The molecule has 116 valence electrons. The molecule has 0 fully saturated rings. The maximum atomic E-state index is 13.7. The molecule has 0 bridgehead atoms. The van der Waals surface area contributed by atoms with Gasteiger partial charge in [-0.1, -0.05) is 0 Å². The standard InChI is InChI=1S/C12H13F4N3O2/c1-5(20)17-4-18-12(21)6-7(13)9(15)11(19(2)3)10(16)8(6)14/h4H2,1-3H3,(H,17,20)(H,18,21). The van der Waals surface area contributed by atoms with E-state index in [1.807, 2.05) is 5.32 Å². The van der Waals surface area contributed by atoms with E-state index >= 15 is 0 Å². The Kier molecular flexibility index (Phi) is 5.12. The normalized spacial score (nSPS) is 10.2. The lowest BCUT2D eigenvalue weighted by atomic mass is 10.1. The quantitative estimate of drug-likeness (QED) is 0.498. The van der Waals surface area contributed by atoms with Crippen molar-refractivity contribution in [1.29, 1.82) is 0 Å². The molecule has 0 unspecified atom stereocenters. The number of halogens is 4. The summed E-state index contributed by atoms with van der Waals surface area (Å²) in [7, 11) is 2.38. The van der Waals surface area contributed by atoms with Crippen LogP contribution in [0.25, 0.3) is 0 Å². The summed E-state index contributed by atoms with van der Waals surface area (Å²) in [5.41, 5.74) is -2.32. The van der Waals surface area contributed by atoms with Crippen molar-refractivity contribution >= 4 is 17.5 Å². The predicted octanol–water partition coefficient (Wildman–Crippen LogP) is 1.13. The van der Waals surface area contributed by atoms with Crippen LogP contribution >= 0.6 is 0 Å². The number of carbonyl (C=O) groups is 2. The second-order valence-electron chi connectivity index (χ2n) is 4.29. The van der Waals surface area contributed by atoms with Gasteiger partial charge in [-0.15, -0.1) is 0 Å². The summed E-state index contributed by atoms with van der Waals surface area (Å²) >= 11 is 0. The average molecular weight is 307 g/mol. The lowest BCUT2D eigenvalue weighted by molar-refractivity contribution is -0.118. The first kappa shape index (κ1) is 16.7. The molecular formula is C12H13F4N3O2. The second-order valence-corrected chi connectivity index (χ2v) is 4.29. The van der Waals surface area contributed by atoms with Crippen LogP contribution in [0.1, 0.15) is 17.3 Å². The first-order chi connectivity index (χ1) is 9.68. The van der Waals surface area contributed by atoms with Gasteiger partial charge in [0.25, 0.3) is 5.91 Å². The number of anilines is 1. The molecule has 0 spiro atoms. The molecule has 1 aromatic rings. The van der Waals surface area contributed by atoms with Gasteiger partial charge in [0.1, 0.15) is 11.3 Å². The van der Waals surface area contributed by atoms with E-state index in [0.29, 0.717) is 0 Å². The van der Waals surface area contributed by atoms with E-state index in [2.05, 4.69) is 5.32 Å². The molecule has 0 radical (unpaired) electrons. The maximum absolute atomic E-state index is 13.7. The summed E-state index contributed by atoms with van der Waals surface area (Å²) in [4.78, 5) is 23.0. The maximum Gasteiger partial charge on any atom is 0.258 e. The van der Waals surface area contributed by atoms with Crippen molar-refractivity contribution < 1.29 is 27.2 Å². The van der Waals surface area contributed by atoms with E-state index in [-0.39, 0.29) is 0 Å². The predicted molar refractivity (Wildman–Crippen MR) is 66.8 cm³/mol. The van der Waals surface area contributed by atoms with Gasteiger partial charge >= 0.3 is 0 Å². The molecule has 0 saturated heterocycles. The van der Waals surface area contributed by atoms with Crippen molar-refractivity contribution in [3.05, 3.63) is 28.8 Å². The fourth-order valence-corrected chi connectivity index (χ4v) is 1.55. The third kappa shape index (κ3) is 3.41. The Bertz CT molecular complexity index is 561. The number of nitrogens with one attached hydrogen (secondary N) is 2. The van der Waals surface area contributed by atoms with Crippen molar-refractivity contribution in [2.24, 2.45) is 0 Å². The Hall–Kier alpha value is -2.32. The number of hydrogen-bond acceptors (Lipinski definition) is 3. The van der Waals surface area contributed by atoms with E-state index in [0.717, 1.165) is 11.8 Å². The minimum absolute atomic E-state index is 0.439. The van der Waals surface area contributed by atoms with Crippen molar-refractivity contribution in [1.82, 2.24) is 10.6 Å². The van der Waals surface area contributed by atoms with Gasteiger partial charge in [-0.05, 0) is 0 Å².